The largest absolute Gasteiger partial charge is 0.423 e. The zero-order chi connectivity index (χ0) is 19.9. The number of rotatable bonds is 5. The van der Waals surface area contributed by atoms with E-state index >= 15 is 0 Å². The predicted octanol–water partition coefficient (Wildman–Crippen LogP) is 4.59. The van der Waals surface area contributed by atoms with E-state index in [1.54, 1.807) is 54.7 Å². The normalized spacial score (nSPS) is 10.6. The molecule has 2 aromatic carbocycles. The topological polar surface area (TPSA) is 80.6 Å². The molecule has 6 nitrogen and oxygen atoms in total. The van der Waals surface area contributed by atoms with Gasteiger partial charge >= 0.3 is 5.97 Å². The number of ether oxygens (including phenoxy) is 1. The number of nitrogens with one attached hydrogen (secondary N) is 1. The minimum atomic E-state index is -0.447. The fourth-order valence-corrected chi connectivity index (χ4v) is 2.93. The fraction of sp³-hybridized carbons (Fsp3) is 0. The van der Waals surface area contributed by atoms with Crippen LogP contribution in [0.1, 0.15) is 26.3 Å². The monoisotopic (exact) mass is 501 g/mol. The van der Waals surface area contributed by atoms with Crippen molar-refractivity contribution in [2.45, 2.75) is 0 Å². The maximum Gasteiger partial charge on any atom is 0.343 e. The summed E-state index contributed by atoms with van der Waals surface area (Å²) in [6.45, 7) is 0. The van der Waals surface area contributed by atoms with Crippen molar-refractivity contribution in [3.63, 3.8) is 0 Å². The van der Waals surface area contributed by atoms with Crippen molar-refractivity contribution in [1.29, 1.82) is 0 Å². The summed E-state index contributed by atoms with van der Waals surface area (Å²) in [7, 11) is 0. The summed E-state index contributed by atoms with van der Waals surface area (Å²) in [5.41, 5.74) is 4.00. The minimum Gasteiger partial charge on any atom is -0.423 e. The van der Waals surface area contributed by atoms with Crippen LogP contribution in [-0.2, 0) is 0 Å². The van der Waals surface area contributed by atoms with Crippen molar-refractivity contribution < 1.29 is 14.3 Å². The van der Waals surface area contributed by atoms with Crippen LogP contribution in [0.15, 0.2) is 81.0 Å². The molecule has 28 heavy (non-hydrogen) atoms. The Morgan fingerprint density at radius 3 is 2.43 bits per heavy atom. The Kier molecular flexibility index (Phi) is 6.67. The van der Waals surface area contributed by atoms with Gasteiger partial charge in [0, 0.05) is 21.3 Å². The third-order valence-corrected chi connectivity index (χ3v) is 4.42. The number of benzene rings is 2. The van der Waals surface area contributed by atoms with E-state index in [0.717, 1.165) is 10.0 Å². The van der Waals surface area contributed by atoms with E-state index in [-0.39, 0.29) is 5.91 Å². The Morgan fingerprint density at radius 1 is 0.964 bits per heavy atom. The van der Waals surface area contributed by atoms with Crippen molar-refractivity contribution in [3.8, 4) is 5.75 Å². The average molecular weight is 503 g/mol. The molecule has 0 aliphatic heterocycles. The lowest BCUT2D eigenvalue weighted by molar-refractivity contribution is 0.0734. The lowest BCUT2D eigenvalue weighted by Crippen LogP contribution is -2.17. The fourth-order valence-electron chi connectivity index (χ4n) is 2.17. The van der Waals surface area contributed by atoms with Gasteiger partial charge in [-0.2, -0.15) is 5.10 Å². The second-order valence-electron chi connectivity index (χ2n) is 5.56. The lowest BCUT2D eigenvalue weighted by atomic mass is 10.2. The quantitative estimate of drug-likeness (QED) is 0.239. The van der Waals surface area contributed by atoms with E-state index in [0.29, 0.717) is 21.3 Å². The second-order valence-corrected chi connectivity index (χ2v) is 7.39. The number of carbonyl (C=O) groups is 2. The Balaban J connectivity index is 1.57. The van der Waals surface area contributed by atoms with Gasteiger partial charge in [0.15, 0.2) is 0 Å². The number of nitrogens with zero attached hydrogens (tertiary/aromatic N) is 2. The van der Waals surface area contributed by atoms with Crippen LogP contribution in [0.25, 0.3) is 0 Å². The summed E-state index contributed by atoms with van der Waals surface area (Å²) in [4.78, 5) is 28.0. The predicted molar refractivity (Wildman–Crippen MR) is 113 cm³/mol. The van der Waals surface area contributed by atoms with Crippen molar-refractivity contribution >= 4 is 50.0 Å². The third-order valence-electron chi connectivity index (χ3n) is 3.50. The van der Waals surface area contributed by atoms with Crippen LogP contribution >= 0.6 is 31.9 Å². The molecule has 1 N–H and O–H groups in total. The Bertz CT molecular complexity index is 1040. The Labute approximate surface area is 177 Å². The molecule has 3 rings (SSSR count). The summed E-state index contributed by atoms with van der Waals surface area (Å²) in [5.74, 6) is -0.409. The first kappa shape index (κ1) is 19.9. The SMILES string of the molecule is O=C(N/N=C\c1ccc(OC(=O)c2cccc(Br)c2)cc1)c1cncc(Br)c1. The van der Waals surface area contributed by atoms with E-state index in [1.807, 2.05) is 6.07 Å². The van der Waals surface area contributed by atoms with Crippen LogP contribution in [-0.4, -0.2) is 23.1 Å². The first-order valence-electron chi connectivity index (χ1n) is 8.03. The van der Waals surface area contributed by atoms with Gasteiger partial charge in [-0.25, -0.2) is 10.2 Å². The Morgan fingerprint density at radius 2 is 1.71 bits per heavy atom. The number of hydrogen-bond acceptors (Lipinski definition) is 5. The zero-order valence-electron chi connectivity index (χ0n) is 14.3. The highest BCUT2D eigenvalue weighted by atomic mass is 79.9. The molecule has 0 fully saturated rings. The molecule has 1 heterocycles. The number of hydrogen-bond donors (Lipinski definition) is 1. The molecule has 3 aromatic rings. The second kappa shape index (κ2) is 9.38. The molecule has 0 radical (unpaired) electrons. The van der Waals surface area contributed by atoms with Crippen LogP contribution in [0.3, 0.4) is 0 Å². The molecule has 1 amide bonds. The van der Waals surface area contributed by atoms with Gasteiger partial charge in [0.1, 0.15) is 5.75 Å². The summed E-state index contributed by atoms with van der Waals surface area (Å²) >= 11 is 6.58. The van der Waals surface area contributed by atoms with Gasteiger partial charge in [-0.3, -0.25) is 9.78 Å². The highest BCUT2D eigenvalue weighted by Crippen LogP contribution is 2.16. The summed E-state index contributed by atoms with van der Waals surface area (Å²) in [6.07, 6.45) is 4.53. The molecule has 1 aromatic heterocycles. The number of carbonyl (C=O) groups excluding carboxylic acids is 2. The van der Waals surface area contributed by atoms with Gasteiger partial charge in [0.25, 0.3) is 5.91 Å². The molecule has 0 saturated heterocycles. The molecular formula is C20H13Br2N3O3. The molecule has 140 valence electrons. The number of halogens is 2. The van der Waals surface area contributed by atoms with Crippen molar-refractivity contribution in [1.82, 2.24) is 10.4 Å². The van der Waals surface area contributed by atoms with E-state index in [1.165, 1.54) is 12.4 Å². The van der Waals surface area contributed by atoms with Crippen molar-refractivity contribution in [3.05, 3.63) is 92.6 Å². The van der Waals surface area contributed by atoms with Gasteiger partial charge in [-0.1, -0.05) is 22.0 Å². The van der Waals surface area contributed by atoms with Gasteiger partial charge in [-0.05, 0) is 70.0 Å². The van der Waals surface area contributed by atoms with Gasteiger partial charge in [0.05, 0.1) is 17.3 Å². The van der Waals surface area contributed by atoms with Crippen LogP contribution in [0.2, 0.25) is 0 Å². The molecule has 0 aliphatic carbocycles. The third kappa shape index (κ3) is 5.58. The molecule has 0 bridgehead atoms. The standard InChI is InChI=1S/C20H13Br2N3O3/c21-16-3-1-2-14(8-16)20(27)28-18-6-4-13(5-7-18)10-24-25-19(26)15-9-17(22)12-23-11-15/h1-12H,(H,25,26)/b24-10-. The van der Waals surface area contributed by atoms with E-state index < -0.39 is 5.97 Å². The van der Waals surface area contributed by atoms with E-state index in [4.69, 9.17) is 4.74 Å². The Hall–Kier alpha value is -2.84. The van der Waals surface area contributed by atoms with E-state index in [9.17, 15) is 9.59 Å². The summed E-state index contributed by atoms with van der Waals surface area (Å²) in [5, 5.41) is 3.91. The van der Waals surface area contributed by atoms with Gasteiger partial charge in [-0.15, -0.1) is 0 Å². The van der Waals surface area contributed by atoms with Crippen molar-refractivity contribution in [2.75, 3.05) is 0 Å². The number of esters is 1. The lowest BCUT2D eigenvalue weighted by Gasteiger charge is -2.05. The number of hydrazone groups is 1. The highest BCUT2D eigenvalue weighted by Gasteiger charge is 2.09. The molecule has 0 saturated carbocycles. The van der Waals surface area contributed by atoms with Crippen LogP contribution < -0.4 is 10.2 Å². The van der Waals surface area contributed by atoms with Crippen molar-refractivity contribution in [2.24, 2.45) is 5.10 Å². The molecule has 0 aliphatic rings. The molecule has 0 atom stereocenters. The smallest absolute Gasteiger partial charge is 0.343 e. The van der Waals surface area contributed by atoms with Crippen LogP contribution in [0.4, 0.5) is 0 Å². The van der Waals surface area contributed by atoms with Gasteiger partial charge < -0.3 is 4.74 Å². The van der Waals surface area contributed by atoms with Crippen LogP contribution in [0.5, 0.6) is 5.75 Å². The zero-order valence-corrected chi connectivity index (χ0v) is 17.5. The molecule has 8 heteroatoms. The molecular weight excluding hydrogens is 490 g/mol. The summed E-state index contributed by atoms with van der Waals surface area (Å²) in [6, 6.07) is 15.3. The number of amides is 1. The molecule has 0 spiro atoms. The van der Waals surface area contributed by atoms with E-state index in [2.05, 4.69) is 47.4 Å². The first-order chi connectivity index (χ1) is 13.5. The van der Waals surface area contributed by atoms with Gasteiger partial charge in [0.2, 0.25) is 0 Å². The maximum atomic E-state index is 12.1. The first-order valence-corrected chi connectivity index (χ1v) is 9.61. The summed E-state index contributed by atoms with van der Waals surface area (Å²) < 4.78 is 6.84. The molecule has 0 unspecified atom stereocenters. The number of aromatic nitrogens is 1. The average Bonchev–Trinajstić information content (AvgIpc) is 2.69. The van der Waals surface area contributed by atoms with Crippen LogP contribution in [0, 0.1) is 0 Å². The number of pyridine rings is 1. The minimum absolute atomic E-state index is 0.371. The maximum absolute atomic E-state index is 12.1. The highest BCUT2D eigenvalue weighted by molar-refractivity contribution is 9.10.